The van der Waals surface area contributed by atoms with Gasteiger partial charge in [-0.25, -0.2) is 0 Å². The minimum Gasteiger partial charge on any atom is -0.493 e. The quantitative estimate of drug-likeness (QED) is 0.323. The Morgan fingerprint density at radius 3 is 2.64 bits per heavy atom. The monoisotopic (exact) mass is 468 g/mol. The zero-order chi connectivity index (χ0) is 23.5. The van der Waals surface area contributed by atoms with Crippen molar-refractivity contribution in [2.75, 3.05) is 14.2 Å². The molecule has 0 aliphatic heterocycles. The largest absolute Gasteiger partial charge is 0.493 e. The topological polar surface area (TPSA) is 86.6 Å². The lowest BCUT2D eigenvalue weighted by Gasteiger charge is -2.15. The van der Waals surface area contributed by atoms with E-state index in [0.717, 1.165) is 39.8 Å². The summed E-state index contributed by atoms with van der Waals surface area (Å²) in [5.74, 6) is 0.858. The Morgan fingerprint density at radius 1 is 1.12 bits per heavy atom. The second kappa shape index (κ2) is 9.89. The van der Waals surface area contributed by atoms with Gasteiger partial charge in [-0.2, -0.15) is 0 Å². The van der Waals surface area contributed by atoms with Crippen LogP contribution in [0.15, 0.2) is 35.3 Å². The van der Waals surface area contributed by atoms with Crippen molar-refractivity contribution in [2.45, 2.75) is 38.3 Å². The van der Waals surface area contributed by atoms with Crippen LogP contribution >= 0.6 is 11.3 Å². The van der Waals surface area contributed by atoms with Crippen LogP contribution in [0.1, 0.15) is 30.6 Å². The summed E-state index contributed by atoms with van der Waals surface area (Å²) in [5.41, 5.74) is 1.86. The van der Waals surface area contributed by atoms with Crippen molar-refractivity contribution in [3.63, 3.8) is 0 Å². The number of carbonyl (C=O) groups excluding carboxylic acids is 2. The van der Waals surface area contributed by atoms with Gasteiger partial charge < -0.3 is 24.2 Å². The van der Waals surface area contributed by atoms with Gasteiger partial charge in [0.15, 0.2) is 11.5 Å². The first kappa shape index (κ1) is 23.2. The van der Waals surface area contributed by atoms with Crippen LogP contribution in [0.2, 0.25) is 0 Å². The number of rotatable bonds is 7. The third-order valence-corrected chi connectivity index (χ3v) is 7.47. The standard InChI is InChI=1S/C25H28N2O5S/c1-27-13-20(15-5-9-22(31-2)23(10-15)32-3)24-19(25(27)30)11-18(33-24)12-26-17-6-4-16(14-28)21(29)8-7-17/h5,9-11,13-14,16-17,26H,4,6-8,12H2,1-3H3. The molecule has 8 heteroatoms. The molecule has 1 fully saturated rings. The number of benzene rings is 1. The number of methoxy groups -OCH3 is 2. The molecule has 0 spiro atoms. The van der Waals surface area contributed by atoms with Crippen molar-refractivity contribution < 1.29 is 19.1 Å². The number of ketones is 1. The van der Waals surface area contributed by atoms with E-state index in [9.17, 15) is 14.4 Å². The van der Waals surface area contributed by atoms with Gasteiger partial charge in [0.1, 0.15) is 12.1 Å². The first-order valence-electron chi connectivity index (χ1n) is 11.0. The molecule has 2 aromatic heterocycles. The molecule has 7 nitrogen and oxygen atoms in total. The number of aromatic nitrogens is 1. The van der Waals surface area contributed by atoms with Gasteiger partial charge >= 0.3 is 0 Å². The fourth-order valence-electron chi connectivity index (χ4n) is 4.38. The molecule has 0 bridgehead atoms. The summed E-state index contributed by atoms with van der Waals surface area (Å²) in [6.45, 7) is 0.610. The van der Waals surface area contributed by atoms with Gasteiger partial charge in [-0.1, -0.05) is 6.07 Å². The van der Waals surface area contributed by atoms with E-state index in [1.54, 1.807) is 37.2 Å². The summed E-state index contributed by atoms with van der Waals surface area (Å²) < 4.78 is 13.4. The molecule has 4 rings (SSSR count). The predicted octanol–water partition coefficient (Wildman–Crippen LogP) is 3.70. The van der Waals surface area contributed by atoms with Crippen molar-refractivity contribution in [3.8, 4) is 22.6 Å². The van der Waals surface area contributed by atoms with E-state index in [1.165, 1.54) is 0 Å². The number of hydrogen-bond donors (Lipinski definition) is 1. The van der Waals surface area contributed by atoms with Crippen molar-refractivity contribution in [1.82, 2.24) is 9.88 Å². The van der Waals surface area contributed by atoms with Gasteiger partial charge in [-0.15, -0.1) is 11.3 Å². The number of pyridine rings is 1. The summed E-state index contributed by atoms with van der Waals surface area (Å²) in [6.07, 6.45) is 5.18. The highest BCUT2D eigenvalue weighted by Crippen LogP contribution is 2.37. The second-order valence-electron chi connectivity index (χ2n) is 8.39. The second-order valence-corrected chi connectivity index (χ2v) is 9.52. The molecular weight excluding hydrogens is 440 g/mol. The number of Topliss-reactive ketones (excluding diaryl/α,β-unsaturated/α-hetero) is 1. The molecule has 0 radical (unpaired) electrons. The third-order valence-electron chi connectivity index (χ3n) is 6.30. The van der Waals surface area contributed by atoms with Crippen molar-refractivity contribution >= 4 is 33.5 Å². The lowest BCUT2D eigenvalue weighted by Crippen LogP contribution is -2.27. The molecule has 3 aromatic rings. The van der Waals surface area contributed by atoms with E-state index in [0.29, 0.717) is 36.3 Å². The van der Waals surface area contributed by atoms with Crippen molar-refractivity contribution in [1.29, 1.82) is 0 Å². The molecule has 174 valence electrons. The highest BCUT2D eigenvalue weighted by molar-refractivity contribution is 7.19. The Morgan fingerprint density at radius 2 is 1.91 bits per heavy atom. The van der Waals surface area contributed by atoms with Gasteiger partial charge in [-0.05, 0) is 43.0 Å². The van der Waals surface area contributed by atoms with Crippen LogP contribution in [0, 0.1) is 5.92 Å². The van der Waals surface area contributed by atoms with Crippen LogP contribution in [-0.4, -0.2) is 36.9 Å². The smallest absolute Gasteiger partial charge is 0.259 e. The normalized spacial score (nSPS) is 18.8. The third kappa shape index (κ3) is 4.72. The van der Waals surface area contributed by atoms with Crippen LogP contribution < -0.4 is 20.3 Å². The zero-order valence-corrected chi connectivity index (χ0v) is 19.9. The molecule has 1 N–H and O–H groups in total. The maximum Gasteiger partial charge on any atom is 0.259 e. The minimum absolute atomic E-state index is 0.0365. The number of ether oxygens (including phenoxy) is 2. The van der Waals surface area contributed by atoms with Crippen LogP contribution in [-0.2, 0) is 23.2 Å². The Bertz CT molecular complexity index is 1250. The summed E-state index contributed by atoms with van der Waals surface area (Å²) >= 11 is 1.59. The van der Waals surface area contributed by atoms with Gasteiger partial charge in [-0.3, -0.25) is 9.59 Å². The highest BCUT2D eigenvalue weighted by atomic mass is 32.1. The van der Waals surface area contributed by atoms with E-state index in [2.05, 4.69) is 5.32 Å². The number of carbonyl (C=O) groups is 2. The molecule has 33 heavy (non-hydrogen) atoms. The van der Waals surface area contributed by atoms with Crippen LogP contribution in [0.4, 0.5) is 0 Å². The Labute approximate surface area is 196 Å². The number of nitrogens with one attached hydrogen (secondary N) is 1. The number of fused-ring (bicyclic) bond motifs is 1. The van der Waals surface area contributed by atoms with E-state index < -0.39 is 5.92 Å². The number of thiophene rings is 1. The van der Waals surface area contributed by atoms with Gasteiger partial charge in [0, 0.05) is 47.4 Å². The van der Waals surface area contributed by atoms with Crippen LogP contribution in [0.3, 0.4) is 0 Å². The molecule has 1 saturated carbocycles. The van der Waals surface area contributed by atoms with E-state index in [4.69, 9.17) is 9.47 Å². The summed E-state index contributed by atoms with van der Waals surface area (Å²) in [6, 6.07) is 7.88. The minimum atomic E-state index is -0.465. The fourth-order valence-corrected chi connectivity index (χ4v) is 5.51. The molecule has 1 aromatic carbocycles. The number of nitrogens with zero attached hydrogens (tertiary/aromatic N) is 1. The summed E-state index contributed by atoms with van der Waals surface area (Å²) in [4.78, 5) is 37.0. The fraction of sp³-hybridized carbons (Fsp3) is 0.400. The molecule has 1 aliphatic rings. The zero-order valence-electron chi connectivity index (χ0n) is 19.1. The van der Waals surface area contributed by atoms with Crippen molar-refractivity contribution in [2.24, 2.45) is 13.0 Å². The van der Waals surface area contributed by atoms with E-state index >= 15 is 0 Å². The predicted molar refractivity (Wildman–Crippen MR) is 129 cm³/mol. The molecule has 1 aliphatic carbocycles. The van der Waals surface area contributed by atoms with E-state index in [-0.39, 0.29) is 17.4 Å². The number of aryl methyl sites for hydroxylation is 1. The summed E-state index contributed by atoms with van der Waals surface area (Å²) in [7, 11) is 4.96. The average molecular weight is 469 g/mol. The molecular formula is C25H28N2O5S. The number of aldehydes is 1. The molecule has 2 unspecified atom stereocenters. The summed E-state index contributed by atoms with van der Waals surface area (Å²) in [5, 5.41) is 4.21. The van der Waals surface area contributed by atoms with Crippen molar-refractivity contribution in [3.05, 3.63) is 45.7 Å². The van der Waals surface area contributed by atoms with Gasteiger partial charge in [0.05, 0.1) is 25.5 Å². The Balaban J connectivity index is 1.62. The molecule has 2 atom stereocenters. The van der Waals surface area contributed by atoms with E-state index in [1.807, 2.05) is 30.5 Å². The average Bonchev–Trinajstić information content (AvgIpc) is 3.18. The highest BCUT2D eigenvalue weighted by Gasteiger charge is 2.25. The maximum absolute atomic E-state index is 12.8. The SMILES string of the molecule is COc1ccc(-c2cn(C)c(=O)c3cc(CNC4CCC(=O)C(C=O)CC4)sc23)cc1OC. The van der Waals surface area contributed by atoms with Crippen LogP contribution in [0.5, 0.6) is 11.5 Å². The Hall–Kier alpha value is -2.97. The Kier molecular flexibility index (Phi) is 6.95. The molecule has 0 saturated heterocycles. The molecule has 0 amide bonds. The van der Waals surface area contributed by atoms with Gasteiger partial charge in [0.2, 0.25) is 0 Å². The number of hydrogen-bond acceptors (Lipinski definition) is 7. The lowest BCUT2D eigenvalue weighted by molar-refractivity contribution is -0.127. The first-order valence-corrected chi connectivity index (χ1v) is 11.8. The molecule has 2 heterocycles. The maximum atomic E-state index is 12.8. The van der Waals surface area contributed by atoms with Gasteiger partial charge in [0.25, 0.3) is 5.56 Å². The van der Waals surface area contributed by atoms with Crippen LogP contribution in [0.25, 0.3) is 21.2 Å². The lowest BCUT2D eigenvalue weighted by atomic mass is 10.0. The first-order chi connectivity index (χ1) is 15.9.